The lowest BCUT2D eigenvalue weighted by atomic mass is 9.75. The number of aromatic nitrogens is 5. The number of carbonyl (C=O) groups is 1. The van der Waals surface area contributed by atoms with E-state index in [2.05, 4.69) is 16.3 Å². The van der Waals surface area contributed by atoms with Gasteiger partial charge in [0, 0.05) is 30.8 Å². The first kappa shape index (κ1) is 19.4. The van der Waals surface area contributed by atoms with Gasteiger partial charge in [-0.05, 0) is 25.2 Å². The molecular weight excluding hydrogens is 413 g/mol. The average Bonchev–Trinajstić information content (AvgIpc) is 3.17. The first-order valence-electron chi connectivity index (χ1n) is 10.9. The molecule has 5 heterocycles. The van der Waals surface area contributed by atoms with E-state index in [-0.39, 0.29) is 35.1 Å². The fourth-order valence-corrected chi connectivity index (χ4v) is 5.17. The Balaban J connectivity index is 1.45. The molecule has 1 amide bonds. The van der Waals surface area contributed by atoms with Crippen molar-refractivity contribution in [3.05, 3.63) is 30.6 Å². The van der Waals surface area contributed by atoms with Gasteiger partial charge in [0.15, 0.2) is 11.6 Å². The molecule has 3 aromatic rings. The molecular formula is C22H22FN7O2. The number of hydrogen-bond acceptors (Lipinski definition) is 6. The van der Waals surface area contributed by atoms with Crippen molar-refractivity contribution in [2.75, 3.05) is 24.7 Å². The van der Waals surface area contributed by atoms with E-state index >= 15 is 0 Å². The Kier molecular flexibility index (Phi) is 4.14. The summed E-state index contributed by atoms with van der Waals surface area (Å²) in [5, 5.41) is 18.5. The van der Waals surface area contributed by atoms with Crippen molar-refractivity contribution in [2.45, 2.75) is 32.2 Å². The fourth-order valence-electron chi connectivity index (χ4n) is 5.17. The Morgan fingerprint density at radius 3 is 2.81 bits per heavy atom. The second-order valence-electron chi connectivity index (χ2n) is 9.03. The maximum absolute atomic E-state index is 14.7. The van der Waals surface area contributed by atoms with E-state index in [4.69, 9.17) is 9.72 Å². The molecule has 3 aromatic heterocycles. The molecule has 3 fully saturated rings. The lowest BCUT2D eigenvalue weighted by Gasteiger charge is -2.23. The molecule has 32 heavy (non-hydrogen) atoms. The summed E-state index contributed by atoms with van der Waals surface area (Å²) in [5.74, 6) is -0.765. The summed E-state index contributed by atoms with van der Waals surface area (Å²) in [5.41, 5.74) is 0.334. The van der Waals surface area contributed by atoms with Crippen LogP contribution in [0.3, 0.4) is 0 Å². The number of nitriles is 1. The number of fused-ring (bicyclic) bond motifs is 1. The summed E-state index contributed by atoms with van der Waals surface area (Å²) in [6, 6.07) is 2.49. The Labute approximate surface area is 183 Å². The van der Waals surface area contributed by atoms with Crippen LogP contribution >= 0.6 is 0 Å². The van der Waals surface area contributed by atoms with E-state index in [1.54, 1.807) is 12.4 Å². The van der Waals surface area contributed by atoms with Gasteiger partial charge < -0.3 is 4.74 Å². The Bertz CT molecular complexity index is 1270. The van der Waals surface area contributed by atoms with Crippen molar-refractivity contribution >= 4 is 17.2 Å². The Morgan fingerprint density at radius 2 is 2.09 bits per heavy atom. The summed E-state index contributed by atoms with van der Waals surface area (Å²) in [6.07, 6.45) is 8.96. The van der Waals surface area contributed by atoms with E-state index in [0.29, 0.717) is 25.5 Å². The minimum atomic E-state index is -1.07. The number of hydrogen-bond donors (Lipinski definition) is 0. The monoisotopic (exact) mass is 435 g/mol. The van der Waals surface area contributed by atoms with Crippen LogP contribution in [0.25, 0.3) is 16.8 Å². The van der Waals surface area contributed by atoms with E-state index in [9.17, 15) is 14.4 Å². The van der Waals surface area contributed by atoms with Crippen LogP contribution in [0.15, 0.2) is 24.8 Å². The van der Waals surface area contributed by atoms with E-state index in [0.717, 1.165) is 31.0 Å². The molecule has 9 nitrogen and oxygen atoms in total. The lowest BCUT2D eigenvalue weighted by Crippen LogP contribution is -2.37. The quantitative estimate of drug-likeness (QED) is 0.624. The first-order valence-corrected chi connectivity index (χ1v) is 10.9. The SMILES string of the molecule is C[C@@H]1CN(c2nc(-c3cnn([C@@H]4CCOC4)c3)cn3ncc(F)c23)C(=O)[C@]1(C#N)C1CC1. The highest BCUT2D eigenvalue weighted by atomic mass is 19.1. The molecule has 10 heteroatoms. The van der Waals surface area contributed by atoms with Crippen molar-refractivity contribution in [3.63, 3.8) is 0 Å². The minimum absolute atomic E-state index is 0.0563. The predicted octanol–water partition coefficient (Wildman–Crippen LogP) is 2.60. The van der Waals surface area contributed by atoms with E-state index in [1.165, 1.54) is 9.42 Å². The molecule has 2 aliphatic heterocycles. The van der Waals surface area contributed by atoms with Gasteiger partial charge in [0.05, 0.1) is 43.0 Å². The van der Waals surface area contributed by atoms with Gasteiger partial charge in [0.2, 0.25) is 5.91 Å². The third-order valence-corrected chi connectivity index (χ3v) is 7.11. The standard InChI is InChI=1S/C22H22FN7O2/c1-13-8-28(21(31)22(13,12-24)15-2-3-15)20-19-17(23)7-26-30(19)10-18(27-20)14-6-25-29(9-14)16-4-5-32-11-16/h6-7,9-10,13,15-16H,2-5,8,11H2,1H3/t13-,16-,22+/m1/s1. The zero-order valence-electron chi connectivity index (χ0n) is 17.6. The Hall–Kier alpha value is -3.32. The molecule has 0 bridgehead atoms. The molecule has 1 saturated carbocycles. The van der Waals surface area contributed by atoms with Crippen LogP contribution in [-0.4, -0.2) is 50.0 Å². The van der Waals surface area contributed by atoms with Crippen LogP contribution in [0.2, 0.25) is 0 Å². The number of amides is 1. The number of ether oxygens (including phenoxy) is 1. The molecule has 0 radical (unpaired) electrons. The molecule has 6 rings (SSSR count). The molecule has 0 N–H and O–H groups in total. The maximum atomic E-state index is 14.7. The summed E-state index contributed by atoms with van der Waals surface area (Å²) in [6.45, 7) is 3.55. The molecule has 0 spiro atoms. The van der Waals surface area contributed by atoms with Crippen molar-refractivity contribution < 1.29 is 13.9 Å². The zero-order valence-corrected chi connectivity index (χ0v) is 17.6. The summed E-state index contributed by atoms with van der Waals surface area (Å²) in [4.78, 5) is 19.7. The number of anilines is 1. The highest BCUT2D eigenvalue weighted by Crippen LogP contribution is 2.54. The van der Waals surface area contributed by atoms with Gasteiger partial charge in [-0.1, -0.05) is 6.92 Å². The maximum Gasteiger partial charge on any atom is 0.249 e. The van der Waals surface area contributed by atoms with Crippen LogP contribution in [0.4, 0.5) is 10.2 Å². The zero-order chi connectivity index (χ0) is 22.0. The van der Waals surface area contributed by atoms with Crippen molar-refractivity contribution in [2.24, 2.45) is 17.3 Å². The first-order chi connectivity index (χ1) is 15.5. The summed E-state index contributed by atoms with van der Waals surface area (Å²) >= 11 is 0. The number of carbonyl (C=O) groups excluding carboxylic acids is 1. The second kappa shape index (κ2) is 6.84. The van der Waals surface area contributed by atoms with Crippen LogP contribution in [-0.2, 0) is 9.53 Å². The molecule has 164 valence electrons. The summed E-state index contributed by atoms with van der Waals surface area (Å²) < 4.78 is 23.4. The van der Waals surface area contributed by atoms with Crippen molar-refractivity contribution in [1.29, 1.82) is 5.26 Å². The van der Waals surface area contributed by atoms with Gasteiger partial charge in [0.25, 0.3) is 0 Å². The van der Waals surface area contributed by atoms with E-state index < -0.39 is 11.2 Å². The van der Waals surface area contributed by atoms with Crippen LogP contribution < -0.4 is 4.90 Å². The third kappa shape index (κ3) is 2.64. The van der Waals surface area contributed by atoms with Gasteiger partial charge in [0.1, 0.15) is 10.9 Å². The fraction of sp³-hybridized carbons (Fsp3) is 0.500. The smallest absolute Gasteiger partial charge is 0.249 e. The van der Waals surface area contributed by atoms with E-state index in [1.807, 2.05) is 17.8 Å². The van der Waals surface area contributed by atoms with Gasteiger partial charge in [-0.2, -0.15) is 15.5 Å². The number of nitrogens with zero attached hydrogens (tertiary/aromatic N) is 7. The highest BCUT2D eigenvalue weighted by molar-refractivity contribution is 6.04. The summed E-state index contributed by atoms with van der Waals surface area (Å²) in [7, 11) is 0. The molecule has 0 unspecified atom stereocenters. The van der Waals surface area contributed by atoms with Crippen LogP contribution in [0.5, 0.6) is 0 Å². The average molecular weight is 435 g/mol. The van der Waals surface area contributed by atoms with Crippen LogP contribution in [0.1, 0.15) is 32.2 Å². The van der Waals surface area contributed by atoms with Gasteiger partial charge >= 0.3 is 0 Å². The molecule has 3 aliphatic rings. The normalized spacial score (nSPS) is 28.0. The second-order valence-corrected chi connectivity index (χ2v) is 9.03. The number of rotatable bonds is 4. The largest absolute Gasteiger partial charge is 0.379 e. The minimum Gasteiger partial charge on any atom is -0.379 e. The molecule has 1 aliphatic carbocycles. The lowest BCUT2D eigenvalue weighted by molar-refractivity contribution is -0.124. The van der Waals surface area contributed by atoms with Crippen LogP contribution in [0, 0.1) is 34.4 Å². The topological polar surface area (TPSA) is 101 Å². The molecule has 2 saturated heterocycles. The third-order valence-electron chi connectivity index (χ3n) is 7.11. The highest BCUT2D eigenvalue weighted by Gasteiger charge is 2.61. The molecule has 0 aromatic carbocycles. The van der Waals surface area contributed by atoms with Gasteiger partial charge in [-0.15, -0.1) is 0 Å². The predicted molar refractivity (Wildman–Crippen MR) is 111 cm³/mol. The van der Waals surface area contributed by atoms with Gasteiger partial charge in [-0.25, -0.2) is 13.9 Å². The van der Waals surface area contributed by atoms with Gasteiger partial charge in [-0.3, -0.25) is 14.4 Å². The number of halogens is 1. The van der Waals surface area contributed by atoms with Crippen molar-refractivity contribution in [1.82, 2.24) is 24.4 Å². The Morgan fingerprint density at radius 1 is 1.25 bits per heavy atom. The molecule has 3 atom stereocenters. The van der Waals surface area contributed by atoms with Crippen molar-refractivity contribution in [3.8, 4) is 17.3 Å².